The van der Waals surface area contributed by atoms with Crippen molar-refractivity contribution in [2.45, 2.75) is 43.7 Å². The topological polar surface area (TPSA) is 53.5 Å². The molecule has 1 unspecified atom stereocenters. The number of aromatic nitrogens is 1. The number of sulfonamides is 1. The Bertz CT molecular complexity index is 1240. The highest BCUT2D eigenvalue weighted by Gasteiger charge is 2.28. The predicted molar refractivity (Wildman–Crippen MR) is 130 cm³/mol. The van der Waals surface area contributed by atoms with Crippen LogP contribution in [0.15, 0.2) is 71.8 Å². The van der Waals surface area contributed by atoms with Gasteiger partial charge < -0.3 is 4.90 Å². The second kappa shape index (κ2) is 9.37. The number of hydrogen-bond donors (Lipinski definition) is 0. The molecule has 0 amide bonds. The van der Waals surface area contributed by atoms with Crippen LogP contribution in [0.3, 0.4) is 0 Å². The maximum Gasteiger partial charge on any atom is 0.243 e. The summed E-state index contributed by atoms with van der Waals surface area (Å²) in [7, 11) is -1.40. The summed E-state index contributed by atoms with van der Waals surface area (Å²) in [4.78, 5) is 7.27. The van der Waals surface area contributed by atoms with E-state index in [0.717, 1.165) is 43.5 Å². The SMILES string of the molecule is CN(Cc1cccc(S(=O)(=O)N2CCc3ccccc3C2)c1)CC1CCc2cccnc2C1. The van der Waals surface area contributed by atoms with Gasteiger partial charge in [-0.3, -0.25) is 4.98 Å². The van der Waals surface area contributed by atoms with Gasteiger partial charge in [0, 0.05) is 38.1 Å². The van der Waals surface area contributed by atoms with Crippen molar-refractivity contribution in [3.8, 4) is 0 Å². The number of benzene rings is 2. The van der Waals surface area contributed by atoms with E-state index < -0.39 is 10.0 Å². The highest BCUT2D eigenvalue weighted by atomic mass is 32.2. The number of nitrogens with zero attached hydrogens (tertiary/aromatic N) is 3. The second-order valence-electron chi connectivity index (χ2n) is 9.42. The largest absolute Gasteiger partial charge is 0.302 e. The molecule has 0 radical (unpaired) electrons. The molecule has 33 heavy (non-hydrogen) atoms. The van der Waals surface area contributed by atoms with E-state index in [4.69, 9.17) is 0 Å². The van der Waals surface area contributed by atoms with Crippen LogP contribution in [0.4, 0.5) is 0 Å². The van der Waals surface area contributed by atoms with Crippen molar-refractivity contribution in [2.24, 2.45) is 5.92 Å². The molecule has 5 rings (SSSR count). The van der Waals surface area contributed by atoms with Crippen LogP contribution in [0, 0.1) is 5.92 Å². The first kappa shape index (κ1) is 22.3. The minimum atomic E-state index is -3.52. The van der Waals surface area contributed by atoms with E-state index in [1.165, 1.54) is 23.2 Å². The van der Waals surface area contributed by atoms with E-state index in [-0.39, 0.29) is 0 Å². The molecule has 1 aliphatic heterocycles. The summed E-state index contributed by atoms with van der Waals surface area (Å²) >= 11 is 0. The summed E-state index contributed by atoms with van der Waals surface area (Å²) in [5, 5.41) is 0. The summed E-state index contributed by atoms with van der Waals surface area (Å²) in [5.74, 6) is 0.581. The number of hydrogen-bond acceptors (Lipinski definition) is 4. The van der Waals surface area contributed by atoms with Gasteiger partial charge in [0.05, 0.1) is 4.90 Å². The third-order valence-electron chi connectivity index (χ3n) is 6.94. The Hall–Kier alpha value is -2.54. The average molecular weight is 462 g/mol. The monoisotopic (exact) mass is 461 g/mol. The van der Waals surface area contributed by atoms with Gasteiger partial charge in [-0.1, -0.05) is 42.5 Å². The Morgan fingerprint density at radius 1 is 1.00 bits per heavy atom. The quantitative estimate of drug-likeness (QED) is 0.555. The molecule has 0 bridgehead atoms. The number of aryl methyl sites for hydroxylation is 1. The van der Waals surface area contributed by atoms with Gasteiger partial charge in [0.2, 0.25) is 10.0 Å². The van der Waals surface area contributed by atoms with E-state index in [1.54, 1.807) is 10.4 Å². The summed E-state index contributed by atoms with van der Waals surface area (Å²) in [6, 6.07) is 19.8. The molecule has 0 spiro atoms. The fourth-order valence-corrected chi connectivity index (χ4v) is 6.71. The van der Waals surface area contributed by atoms with Crippen molar-refractivity contribution in [2.75, 3.05) is 20.1 Å². The first-order valence-corrected chi connectivity index (χ1v) is 13.2. The van der Waals surface area contributed by atoms with Crippen LogP contribution < -0.4 is 0 Å². The lowest BCUT2D eigenvalue weighted by Crippen LogP contribution is -2.36. The zero-order valence-corrected chi connectivity index (χ0v) is 20.0. The molecule has 0 saturated carbocycles. The lowest BCUT2D eigenvalue weighted by Gasteiger charge is -2.29. The van der Waals surface area contributed by atoms with Gasteiger partial charge in [-0.25, -0.2) is 8.42 Å². The summed E-state index contributed by atoms with van der Waals surface area (Å²) in [6.45, 7) is 2.69. The maximum absolute atomic E-state index is 13.4. The van der Waals surface area contributed by atoms with Crippen molar-refractivity contribution >= 4 is 10.0 Å². The van der Waals surface area contributed by atoms with E-state index in [1.807, 2.05) is 48.7 Å². The smallest absolute Gasteiger partial charge is 0.243 e. The fraction of sp³-hybridized carbons (Fsp3) is 0.370. The van der Waals surface area contributed by atoms with Gasteiger partial charge in [-0.2, -0.15) is 4.31 Å². The highest BCUT2D eigenvalue weighted by Crippen LogP contribution is 2.27. The van der Waals surface area contributed by atoms with Crippen LogP contribution in [0.5, 0.6) is 0 Å². The molecule has 3 aromatic rings. The molecule has 0 N–H and O–H groups in total. The van der Waals surface area contributed by atoms with Crippen LogP contribution in [0.2, 0.25) is 0 Å². The highest BCUT2D eigenvalue weighted by molar-refractivity contribution is 7.89. The van der Waals surface area contributed by atoms with Crippen molar-refractivity contribution in [1.82, 2.24) is 14.2 Å². The third-order valence-corrected chi connectivity index (χ3v) is 8.78. The Labute approximate surface area is 197 Å². The number of pyridine rings is 1. The van der Waals surface area contributed by atoms with Crippen LogP contribution >= 0.6 is 0 Å². The van der Waals surface area contributed by atoms with Gasteiger partial charge in [0.25, 0.3) is 0 Å². The van der Waals surface area contributed by atoms with Crippen molar-refractivity contribution < 1.29 is 8.42 Å². The van der Waals surface area contributed by atoms with Crippen molar-refractivity contribution in [1.29, 1.82) is 0 Å². The van der Waals surface area contributed by atoms with Crippen molar-refractivity contribution in [3.05, 3.63) is 94.8 Å². The third kappa shape index (κ3) is 4.88. The zero-order chi connectivity index (χ0) is 22.8. The first-order valence-electron chi connectivity index (χ1n) is 11.8. The van der Waals surface area contributed by atoms with E-state index >= 15 is 0 Å². The van der Waals surface area contributed by atoms with Crippen LogP contribution in [-0.4, -0.2) is 42.7 Å². The standard InChI is InChI=1S/C27H31N3O2S/c1-29(19-22-11-12-24-9-5-14-28-27(24)17-22)18-21-6-4-10-26(16-21)33(31,32)30-15-13-23-7-2-3-8-25(23)20-30/h2-10,14,16,22H,11-13,15,17-20H2,1H3. The minimum absolute atomic E-state index is 0.392. The maximum atomic E-state index is 13.4. The molecular weight excluding hydrogens is 430 g/mol. The van der Waals surface area contributed by atoms with Crippen LogP contribution in [0.1, 0.15) is 34.4 Å². The molecule has 2 aliphatic rings. The van der Waals surface area contributed by atoms with Gasteiger partial charge in [0.15, 0.2) is 0 Å². The summed E-state index contributed by atoms with van der Waals surface area (Å²) in [5.41, 5.74) is 6.00. The molecule has 0 fully saturated rings. The van der Waals surface area contributed by atoms with E-state index in [2.05, 4.69) is 29.1 Å². The Kier molecular flexibility index (Phi) is 6.32. The minimum Gasteiger partial charge on any atom is -0.302 e. The number of fused-ring (bicyclic) bond motifs is 2. The Balaban J connectivity index is 1.25. The normalized spacial score (nSPS) is 18.7. The van der Waals surface area contributed by atoms with Gasteiger partial charge >= 0.3 is 0 Å². The van der Waals surface area contributed by atoms with Crippen LogP contribution in [-0.2, 0) is 42.4 Å². The number of rotatable bonds is 6. The lowest BCUT2D eigenvalue weighted by atomic mass is 9.86. The van der Waals surface area contributed by atoms with Gasteiger partial charge in [-0.15, -0.1) is 0 Å². The van der Waals surface area contributed by atoms with Gasteiger partial charge in [-0.05, 0) is 79.1 Å². The predicted octanol–water partition coefficient (Wildman–Crippen LogP) is 4.07. The average Bonchev–Trinajstić information content (AvgIpc) is 2.83. The molecule has 1 aliphatic carbocycles. The van der Waals surface area contributed by atoms with Crippen LogP contribution in [0.25, 0.3) is 0 Å². The lowest BCUT2D eigenvalue weighted by molar-refractivity contribution is 0.252. The molecule has 172 valence electrons. The molecule has 2 aromatic carbocycles. The first-order chi connectivity index (χ1) is 16.0. The van der Waals surface area contributed by atoms with E-state index in [9.17, 15) is 8.42 Å². The molecule has 5 nitrogen and oxygen atoms in total. The molecule has 1 atom stereocenters. The van der Waals surface area contributed by atoms with Crippen molar-refractivity contribution in [3.63, 3.8) is 0 Å². The molecule has 1 aromatic heterocycles. The molecule has 6 heteroatoms. The summed E-state index contributed by atoms with van der Waals surface area (Å²) in [6.07, 6.45) is 5.93. The molecule has 0 saturated heterocycles. The van der Waals surface area contributed by atoms with E-state index in [0.29, 0.717) is 23.9 Å². The zero-order valence-electron chi connectivity index (χ0n) is 19.2. The molecular formula is C27H31N3O2S. The second-order valence-corrected chi connectivity index (χ2v) is 11.4. The Morgan fingerprint density at radius 3 is 2.70 bits per heavy atom. The summed E-state index contributed by atoms with van der Waals surface area (Å²) < 4.78 is 28.4. The van der Waals surface area contributed by atoms with Gasteiger partial charge in [0.1, 0.15) is 0 Å². The molecule has 2 heterocycles. The fourth-order valence-electron chi connectivity index (χ4n) is 5.22. The Morgan fingerprint density at radius 2 is 1.82 bits per heavy atom.